The first-order valence-corrected chi connectivity index (χ1v) is 7.26. The van der Waals surface area contributed by atoms with Crippen LogP contribution in [0.25, 0.3) is 0 Å². The number of rotatable bonds is 3. The zero-order chi connectivity index (χ0) is 13.8. The van der Waals surface area contributed by atoms with Crippen LogP contribution >= 0.6 is 15.9 Å². The maximum atomic E-state index is 12.0. The minimum atomic E-state index is -0.0858. The van der Waals surface area contributed by atoms with E-state index < -0.39 is 0 Å². The van der Waals surface area contributed by atoms with E-state index >= 15 is 0 Å². The predicted octanol–water partition coefficient (Wildman–Crippen LogP) is 1.09. The van der Waals surface area contributed by atoms with E-state index in [1.165, 1.54) is 0 Å². The Hall–Kier alpha value is -1.14. The first-order valence-electron chi connectivity index (χ1n) is 6.47. The SMILES string of the molecule is CC(CN)C(=O)N1CCN(c2ccc(Br)cn2)CC1. The van der Waals surface area contributed by atoms with Crippen LogP contribution < -0.4 is 10.6 Å². The third-order valence-corrected chi connectivity index (χ3v) is 3.87. The van der Waals surface area contributed by atoms with E-state index in [1.54, 1.807) is 6.20 Å². The quantitative estimate of drug-likeness (QED) is 0.903. The molecule has 0 bridgehead atoms. The molecular formula is C13H19BrN4O. The van der Waals surface area contributed by atoms with Crippen LogP contribution in [0.15, 0.2) is 22.8 Å². The molecule has 1 aliphatic rings. The van der Waals surface area contributed by atoms with E-state index in [9.17, 15) is 4.79 Å². The molecular weight excluding hydrogens is 308 g/mol. The summed E-state index contributed by atoms with van der Waals surface area (Å²) in [6.45, 7) is 5.40. The molecule has 1 aromatic rings. The van der Waals surface area contributed by atoms with Crippen molar-refractivity contribution in [3.63, 3.8) is 0 Å². The molecule has 2 heterocycles. The number of nitrogens with zero attached hydrogens (tertiary/aromatic N) is 3. The summed E-state index contributed by atoms with van der Waals surface area (Å²) in [5.41, 5.74) is 5.54. The summed E-state index contributed by atoms with van der Waals surface area (Å²) < 4.78 is 0.974. The van der Waals surface area contributed by atoms with Crippen molar-refractivity contribution in [3.05, 3.63) is 22.8 Å². The lowest BCUT2D eigenvalue weighted by molar-refractivity contribution is -0.134. The van der Waals surface area contributed by atoms with E-state index in [0.29, 0.717) is 6.54 Å². The van der Waals surface area contributed by atoms with E-state index in [0.717, 1.165) is 36.5 Å². The normalized spacial score (nSPS) is 17.4. The fourth-order valence-corrected chi connectivity index (χ4v) is 2.36. The van der Waals surface area contributed by atoms with Crippen molar-refractivity contribution in [1.82, 2.24) is 9.88 Å². The fourth-order valence-electron chi connectivity index (χ4n) is 2.12. The molecule has 2 rings (SSSR count). The van der Waals surface area contributed by atoms with Crippen LogP contribution in [-0.4, -0.2) is 48.5 Å². The van der Waals surface area contributed by atoms with Gasteiger partial charge in [-0.15, -0.1) is 0 Å². The summed E-state index contributed by atoms with van der Waals surface area (Å²) in [7, 11) is 0. The van der Waals surface area contributed by atoms with E-state index in [2.05, 4.69) is 25.8 Å². The van der Waals surface area contributed by atoms with Crippen molar-refractivity contribution >= 4 is 27.7 Å². The van der Waals surface area contributed by atoms with Gasteiger partial charge in [-0.1, -0.05) is 6.92 Å². The molecule has 1 atom stereocenters. The van der Waals surface area contributed by atoms with Gasteiger partial charge >= 0.3 is 0 Å². The molecule has 0 saturated carbocycles. The van der Waals surface area contributed by atoms with E-state index in [4.69, 9.17) is 5.73 Å². The second-order valence-corrected chi connectivity index (χ2v) is 5.70. The maximum Gasteiger partial charge on any atom is 0.226 e. The summed E-state index contributed by atoms with van der Waals surface area (Å²) >= 11 is 3.38. The number of carbonyl (C=O) groups is 1. The van der Waals surface area contributed by atoms with Gasteiger partial charge < -0.3 is 15.5 Å². The molecule has 6 heteroatoms. The molecule has 1 aromatic heterocycles. The van der Waals surface area contributed by atoms with E-state index in [-0.39, 0.29) is 11.8 Å². The van der Waals surface area contributed by atoms with Gasteiger partial charge in [0.25, 0.3) is 0 Å². The van der Waals surface area contributed by atoms with Gasteiger partial charge in [-0.3, -0.25) is 4.79 Å². The lowest BCUT2D eigenvalue weighted by atomic mass is 10.1. The Balaban J connectivity index is 1.92. The predicted molar refractivity (Wildman–Crippen MR) is 78.9 cm³/mol. The van der Waals surface area contributed by atoms with Crippen molar-refractivity contribution in [3.8, 4) is 0 Å². The highest BCUT2D eigenvalue weighted by Gasteiger charge is 2.24. The third-order valence-electron chi connectivity index (χ3n) is 3.40. The van der Waals surface area contributed by atoms with Crippen molar-refractivity contribution in [2.24, 2.45) is 11.7 Å². The molecule has 0 radical (unpaired) electrons. The van der Waals surface area contributed by atoms with Gasteiger partial charge in [0, 0.05) is 49.3 Å². The standard InChI is InChI=1S/C13H19BrN4O/c1-10(8-15)13(19)18-6-4-17(5-7-18)12-3-2-11(14)9-16-12/h2-3,9-10H,4-8,15H2,1H3. The second-order valence-electron chi connectivity index (χ2n) is 4.78. The van der Waals surface area contributed by atoms with Gasteiger partial charge in [0.15, 0.2) is 0 Å². The minimum Gasteiger partial charge on any atom is -0.353 e. The summed E-state index contributed by atoms with van der Waals surface area (Å²) in [4.78, 5) is 20.5. The molecule has 2 N–H and O–H groups in total. The Morgan fingerprint density at radius 2 is 2.11 bits per heavy atom. The Morgan fingerprint density at radius 3 is 2.63 bits per heavy atom. The highest BCUT2D eigenvalue weighted by Crippen LogP contribution is 2.17. The smallest absolute Gasteiger partial charge is 0.226 e. The maximum absolute atomic E-state index is 12.0. The van der Waals surface area contributed by atoms with Gasteiger partial charge in [0.1, 0.15) is 5.82 Å². The van der Waals surface area contributed by atoms with Gasteiger partial charge in [-0.2, -0.15) is 0 Å². The molecule has 1 saturated heterocycles. The zero-order valence-electron chi connectivity index (χ0n) is 11.1. The van der Waals surface area contributed by atoms with Crippen molar-refractivity contribution in [2.45, 2.75) is 6.92 Å². The van der Waals surface area contributed by atoms with Crippen LogP contribution in [0.3, 0.4) is 0 Å². The number of aromatic nitrogens is 1. The molecule has 1 aliphatic heterocycles. The van der Waals surface area contributed by atoms with Crippen LogP contribution in [0, 0.1) is 5.92 Å². The first-order chi connectivity index (χ1) is 9.11. The lowest BCUT2D eigenvalue weighted by Crippen LogP contribution is -2.51. The van der Waals surface area contributed by atoms with Crippen molar-refractivity contribution in [1.29, 1.82) is 0 Å². The number of piperazine rings is 1. The van der Waals surface area contributed by atoms with Crippen LogP contribution in [0.4, 0.5) is 5.82 Å². The minimum absolute atomic E-state index is 0.0858. The van der Waals surface area contributed by atoms with Crippen LogP contribution in [0.1, 0.15) is 6.92 Å². The van der Waals surface area contributed by atoms with Crippen LogP contribution in [0.2, 0.25) is 0 Å². The molecule has 104 valence electrons. The summed E-state index contributed by atoms with van der Waals surface area (Å²) in [6, 6.07) is 3.97. The van der Waals surface area contributed by atoms with Crippen LogP contribution in [0.5, 0.6) is 0 Å². The Morgan fingerprint density at radius 1 is 1.42 bits per heavy atom. The average Bonchev–Trinajstić information content (AvgIpc) is 2.46. The molecule has 0 spiro atoms. The fraction of sp³-hybridized carbons (Fsp3) is 0.538. The number of amides is 1. The average molecular weight is 327 g/mol. The molecule has 1 amide bonds. The number of halogens is 1. The molecule has 0 aliphatic carbocycles. The number of carbonyl (C=O) groups excluding carboxylic acids is 1. The largest absolute Gasteiger partial charge is 0.353 e. The Labute approximate surface area is 121 Å². The molecule has 1 unspecified atom stereocenters. The van der Waals surface area contributed by atoms with Crippen molar-refractivity contribution in [2.75, 3.05) is 37.6 Å². The zero-order valence-corrected chi connectivity index (χ0v) is 12.6. The Kier molecular flexibility index (Phi) is 4.76. The number of hydrogen-bond acceptors (Lipinski definition) is 4. The highest BCUT2D eigenvalue weighted by molar-refractivity contribution is 9.10. The highest BCUT2D eigenvalue weighted by atomic mass is 79.9. The molecule has 1 fully saturated rings. The summed E-state index contributed by atoms with van der Waals surface area (Å²) in [5.74, 6) is 1.03. The summed E-state index contributed by atoms with van der Waals surface area (Å²) in [5, 5.41) is 0. The van der Waals surface area contributed by atoms with E-state index in [1.807, 2.05) is 24.0 Å². The number of pyridine rings is 1. The molecule has 0 aromatic carbocycles. The monoisotopic (exact) mass is 326 g/mol. The third kappa shape index (κ3) is 3.45. The van der Waals surface area contributed by atoms with Gasteiger partial charge in [-0.05, 0) is 28.1 Å². The molecule has 5 nitrogen and oxygen atoms in total. The van der Waals surface area contributed by atoms with Gasteiger partial charge in [0.05, 0.1) is 0 Å². The second kappa shape index (κ2) is 6.34. The number of nitrogens with two attached hydrogens (primary N) is 1. The Bertz CT molecular complexity index is 429. The van der Waals surface area contributed by atoms with Gasteiger partial charge in [-0.25, -0.2) is 4.98 Å². The number of hydrogen-bond donors (Lipinski definition) is 1. The summed E-state index contributed by atoms with van der Waals surface area (Å²) in [6.07, 6.45) is 1.79. The topological polar surface area (TPSA) is 62.5 Å². The number of anilines is 1. The van der Waals surface area contributed by atoms with Crippen LogP contribution in [-0.2, 0) is 4.79 Å². The van der Waals surface area contributed by atoms with Gasteiger partial charge in [0.2, 0.25) is 5.91 Å². The molecule has 19 heavy (non-hydrogen) atoms. The van der Waals surface area contributed by atoms with Crippen molar-refractivity contribution < 1.29 is 4.79 Å². The lowest BCUT2D eigenvalue weighted by Gasteiger charge is -2.36. The first kappa shape index (κ1) is 14.3.